The molecular formula is C20H20S2. The standard InChI is InChI=1S/C20H20S2/c1-2-7-17(8-3-1)11-12-20-18-9-6-10-19(20)16-22-14-5-4-13-21-15-18/h1-12H,13-16H2/b5-4?,12-11+. The van der Waals surface area contributed by atoms with Crippen molar-refractivity contribution in [1.82, 2.24) is 0 Å². The molecule has 3 rings (SSSR count). The molecule has 1 heterocycles. The summed E-state index contributed by atoms with van der Waals surface area (Å²) >= 11 is 3.98. The molecule has 22 heavy (non-hydrogen) atoms. The highest BCUT2D eigenvalue weighted by Crippen LogP contribution is 2.26. The second kappa shape index (κ2) is 8.30. The minimum atomic E-state index is 1.08. The van der Waals surface area contributed by atoms with Crippen LogP contribution in [0, 0.1) is 0 Å². The summed E-state index contributed by atoms with van der Waals surface area (Å²) in [5.41, 5.74) is 5.57. The molecule has 0 aromatic heterocycles. The van der Waals surface area contributed by atoms with Gasteiger partial charge in [-0.05, 0) is 22.3 Å². The number of rotatable bonds is 2. The first-order valence-electron chi connectivity index (χ1n) is 7.58. The van der Waals surface area contributed by atoms with Gasteiger partial charge in [-0.1, -0.05) is 72.8 Å². The zero-order valence-corrected chi connectivity index (χ0v) is 14.2. The van der Waals surface area contributed by atoms with Gasteiger partial charge in [0.1, 0.15) is 0 Å². The highest BCUT2D eigenvalue weighted by atomic mass is 32.2. The van der Waals surface area contributed by atoms with Gasteiger partial charge < -0.3 is 0 Å². The highest BCUT2D eigenvalue weighted by molar-refractivity contribution is 7.99. The Labute approximate surface area is 141 Å². The molecule has 1 aliphatic rings. The molecule has 0 atom stereocenters. The summed E-state index contributed by atoms with van der Waals surface area (Å²) in [6, 6.07) is 17.3. The lowest BCUT2D eigenvalue weighted by molar-refractivity contribution is 1.31. The van der Waals surface area contributed by atoms with E-state index >= 15 is 0 Å². The van der Waals surface area contributed by atoms with E-state index in [1.54, 1.807) is 0 Å². The fraction of sp³-hybridized carbons (Fsp3) is 0.200. The Hall–Kier alpha value is -1.38. The van der Waals surface area contributed by atoms with Crippen LogP contribution in [0.3, 0.4) is 0 Å². The average Bonchev–Trinajstić information content (AvgIpc) is 2.58. The van der Waals surface area contributed by atoms with Crippen molar-refractivity contribution in [2.24, 2.45) is 0 Å². The van der Waals surface area contributed by atoms with Crippen LogP contribution in [0.2, 0.25) is 0 Å². The van der Waals surface area contributed by atoms with E-state index in [9.17, 15) is 0 Å². The molecule has 2 bridgehead atoms. The summed E-state index contributed by atoms with van der Waals surface area (Å²) in [5, 5.41) is 0. The lowest BCUT2D eigenvalue weighted by Gasteiger charge is -2.11. The van der Waals surface area contributed by atoms with Crippen LogP contribution < -0.4 is 0 Å². The van der Waals surface area contributed by atoms with Crippen molar-refractivity contribution in [2.45, 2.75) is 11.5 Å². The Morgan fingerprint density at radius 3 is 1.95 bits per heavy atom. The van der Waals surface area contributed by atoms with Gasteiger partial charge >= 0.3 is 0 Å². The predicted molar refractivity (Wildman–Crippen MR) is 103 cm³/mol. The average molecular weight is 325 g/mol. The summed E-state index contributed by atoms with van der Waals surface area (Å²) in [7, 11) is 0. The normalized spacial score (nSPS) is 15.6. The first kappa shape index (κ1) is 15.5. The van der Waals surface area contributed by atoms with E-state index in [1.807, 2.05) is 23.5 Å². The number of hydrogen-bond donors (Lipinski definition) is 0. The van der Waals surface area contributed by atoms with Crippen LogP contribution >= 0.6 is 23.5 Å². The topological polar surface area (TPSA) is 0 Å². The van der Waals surface area contributed by atoms with Crippen LogP contribution in [0.5, 0.6) is 0 Å². The third-order valence-electron chi connectivity index (χ3n) is 3.64. The van der Waals surface area contributed by atoms with Crippen LogP contribution in [0.25, 0.3) is 12.2 Å². The Morgan fingerprint density at radius 1 is 0.682 bits per heavy atom. The van der Waals surface area contributed by atoms with Gasteiger partial charge in [-0.2, -0.15) is 23.5 Å². The summed E-state index contributed by atoms with van der Waals surface area (Å²) in [6.45, 7) is 0. The van der Waals surface area contributed by atoms with Crippen molar-refractivity contribution in [1.29, 1.82) is 0 Å². The molecular weight excluding hydrogens is 304 g/mol. The molecule has 0 radical (unpaired) electrons. The summed E-state index contributed by atoms with van der Waals surface area (Å²) in [6.07, 6.45) is 9.12. The minimum Gasteiger partial charge on any atom is -0.153 e. The van der Waals surface area contributed by atoms with E-state index in [2.05, 4.69) is 72.8 Å². The van der Waals surface area contributed by atoms with Gasteiger partial charge in [0.05, 0.1) is 0 Å². The monoisotopic (exact) mass is 324 g/mol. The fourth-order valence-corrected chi connectivity index (χ4v) is 4.21. The number of benzene rings is 2. The SMILES string of the molecule is C1=CCSCc2cccc(c2/C=C/c2ccccc2)CSC1. The molecule has 0 N–H and O–H groups in total. The highest BCUT2D eigenvalue weighted by Gasteiger charge is 2.07. The molecule has 0 saturated heterocycles. The van der Waals surface area contributed by atoms with Crippen LogP contribution in [-0.4, -0.2) is 11.5 Å². The molecule has 0 nitrogen and oxygen atoms in total. The van der Waals surface area contributed by atoms with E-state index in [4.69, 9.17) is 0 Å². The third kappa shape index (κ3) is 4.31. The molecule has 0 aliphatic carbocycles. The molecule has 0 unspecified atom stereocenters. The molecule has 0 spiro atoms. The maximum Gasteiger partial charge on any atom is 0.0193 e. The summed E-state index contributed by atoms with van der Waals surface area (Å²) < 4.78 is 0. The van der Waals surface area contributed by atoms with Gasteiger partial charge in [-0.3, -0.25) is 0 Å². The van der Waals surface area contributed by atoms with Gasteiger partial charge in [-0.25, -0.2) is 0 Å². The van der Waals surface area contributed by atoms with Gasteiger partial charge in [0.25, 0.3) is 0 Å². The first-order chi connectivity index (χ1) is 10.9. The van der Waals surface area contributed by atoms with Crippen molar-refractivity contribution >= 4 is 35.7 Å². The van der Waals surface area contributed by atoms with E-state index in [1.165, 1.54) is 22.3 Å². The first-order valence-corrected chi connectivity index (χ1v) is 9.89. The molecule has 112 valence electrons. The number of fused-ring (bicyclic) bond motifs is 2. The Bertz CT molecular complexity index is 626. The maximum atomic E-state index is 2.30. The largest absolute Gasteiger partial charge is 0.153 e. The maximum absolute atomic E-state index is 2.30. The lowest BCUT2D eigenvalue weighted by Crippen LogP contribution is -1.93. The zero-order valence-electron chi connectivity index (χ0n) is 12.6. The van der Waals surface area contributed by atoms with Crippen molar-refractivity contribution in [3.63, 3.8) is 0 Å². The molecule has 1 aliphatic heterocycles. The van der Waals surface area contributed by atoms with Gasteiger partial charge in [-0.15, -0.1) is 0 Å². The van der Waals surface area contributed by atoms with Crippen molar-refractivity contribution in [3.05, 3.63) is 82.9 Å². The second-order valence-electron chi connectivity index (χ2n) is 5.24. The Morgan fingerprint density at radius 2 is 1.32 bits per heavy atom. The number of hydrogen-bond acceptors (Lipinski definition) is 2. The molecule has 2 heteroatoms. The van der Waals surface area contributed by atoms with E-state index in [0.29, 0.717) is 0 Å². The van der Waals surface area contributed by atoms with Crippen molar-refractivity contribution in [3.8, 4) is 0 Å². The molecule has 2 aromatic rings. The fourth-order valence-electron chi connectivity index (χ4n) is 2.49. The van der Waals surface area contributed by atoms with Crippen molar-refractivity contribution in [2.75, 3.05) is 11.5 Å². The van der Waals surface area contributed by atoms with E-state index in [-0.39, 0.29) is 0 Å². The van der Waals surface area contributed by atoms with Crippen molar-refractivity contribution < 1.29 is 0 Å². The number of thioether (sulfide) groups is 2. The van der Waals surface area contributed by atoms with Crippen LogP contribution in [-0.2, 0) is 11.5 Å². The van der Waals surface area contributed by atoms with E-state index in [0.717, 1.165) is 23.0 Å². The summed E-state index contributed by atoms with van der Waals surface area (Å²) in [5.74, 6) is 4.37. The van der Waals surface area contributed by atoms with Gasteiger partial charge in [0.15, 0.2) is 0 Å². The zero-order chi connectivity index (χ0) is 15.0. The Kier molecular flexibility index (Phi) is 5.86. The third-order valence-corrected chi connectivity index (χ3v) is 5.53. The predicted octanol–water partition coefficient (Wildman–Crippen LogP) is 5.89. The van der Waals surface area contributed by atoms with Crippen LogP contribution in [0.15, 0.2) is 60.7 Å². The molecule has 0 fully saturated rings. The molecule has 2 aromatic carbocycles. The molecule has 0 saturated carbocycles. The van der Waals surface area contributed by atoms with E-state index < -0.39 is 0 Å². The Balaban J connectivity index is 1.91. The minimum absolute atomic E-state index is 1.08. The van der Waals surface area contributed by atoms with Gasteiger partial charge in [0, 0.05) is 23.0 Å². The van der Waals surface area contributed by atoms with Gasteiger partial charge in [0.2, 0.25) is 0 Å². The van der Waals surface area contributed by atoms with Crippen LogP contribution in [0.4, 0.5) is 0 Å². The van der Waals surface area contributed by atoms with Crippen LogP contribution in [0.1, 0.15) is 22.3 Å². The lowest BCUT2D eigenvalue weighted by atomic mass is 10.0. The summed E-state index contributed by atoms with van der Waals surface area (Å²) in [4.78, 5) is 0. The quantitative estimate of drug-likeness (QED) is 0.499. The smallest absolute Gasteiger partial charge is 0.0193 e. The molecule has 0 amide bonds. The second-order valence-corrected chi connectivity index (χ2v) is 7.30.